The van der Waals surface area contributed by atoms with Crippen LogP contribution in [-0.2, 0) is 4.79 Å². The van der Waals surface area contributed by atoms with Crippen molar-refractivity contribution in [2.24, 2.45) is 17.8 Å². The van der Waals surface area contributed by atoms with Crippen LogP contribution in [0.2, 0.25) is 0 Å². The summed E-state index contributed by atoms with van der Waals surface area (Å²) in [7, 11) is 3.65. The SMILES string of the molecule is Cc1ccccc1[C@H]1[C@@H]2CN(C(=O)CC3CCCCC3)C[C@@H]2CN1C(=O)N(C)C. The van der Waals surface area contributed by atoms with Gasteiger partial charge in [0.1, 0.15) is 0 Å². The van der Waals surface area contributed by atoms with Gasteiger partial charge in [-0.15, -0.1) is 0 Å². The lowest BCUT2D eigenvalue weighted by atomic mass is 9.86. The van der Waals surface area contributed by atoms with Gasteiger partial charge in [-0.1, -0.05) is 43.5 Å². The summed E-state index contributed by atoms with van der Waals surface area (Å²) in [5.41, 5.74) is 2.46. The van der Waals surface area contributed by atoms with Gasteiger partial charge in [0, 0.05) is 52.0 Å². The predicted octanol–water partition coefficient (Wildman–Crippen LogP) is 4.08. The van der Waals surface area contributed by atoms with Crippen LogP contribution >= 0.6 is 0 Å². The Bertz CT molecular complexity index is 756. The fourth-order valence-electron chi connectivity index (χ4n) is 5.79. The first-order valence-electron chi connectivity index (χ1n) is 11.3. The third kappa shape index (κ3) is 4.01. The molecule has 1 aliphatic carbocycles. The minimum atomic E-state index is 0.0589. The van der Waals surface area contributed by atoms with E-state index in [0.29, 0.717) is 23.7 Å². The lowest BCUT2D eigenvalue weighted by Gasteiger charge is -2.33. The van der Waals surface area contributed by atoms with Crippen molar-refractivity contribution in [3.8, 4) is 0 Å². The Morgan fingerprint density at radius 1 is 1.03 bits per heavy atom. The van der Waals surface area contributed by atoms with Gasteiger partial charge in [-0.2, -0.15) is 0 Å². The largest absolute Gasteiger partial charge is 0.342 e. The molecule has 5 nitrogen and oxygen atoms in total. The van der Waals surface area contributed by atoms with Gasteiger partial charge in [-0.25, -0.2) is 4.79 Å². The summed E-state index contributed by atoms with van der Waals surface area (Å²) >= 11 is 0. The third-order valence-corrected chi connectivity index (χ3v) is 7.34. The molecule has 1 aromatic rings. The second kappa shape index (κ2) is 8.37. The molecule has 3 atom stereocenters. The Hall–Kier alpha value is -2.04. The zero-order valence-electron chi connectivity index (χ0n) is 18.1. The molecule has 3 aliphatic rings. The molecule has 29 heavy (non-hydrogen) atoms. The lowest BCUT2D eigenvalue weighted by Crippen LogP contribution is -2.42. The number of carbonyl (C=O) groups excluding carboxylic acids is 2. The molecule has 0 radical (unpaired) electrons. The van der Waals surface area contributed by atoms with Gasteiger partial charge < -0.3 is 14.7 Å². The Labute approximate surface area is 175 Å². The first-order chi connectivity index (χ1) is 14.0. The van der Waals surface area contributed by atoms with Crippen LogP contribution in [0.5, 0.6) is 0 Å². The van der Waals surface area contributed by atoms with Crippen LogP contribution in [0.3, 0.4) is 0 Å². The molecule has 3 amide bonds. The van der Waals surface area contributed by atoms with E-state index in [1.165, 1.54) is 43.2 Å². The Balaban J connectivity index is 1.52. The van der Waals surface area contributed by atoms with Crippen molar-refractivity contribution in [1.29, 1.82) is 0 Å². The van der Waals surface area contributed by atoms with Crippen molar-refractivity contribution in [3.63, 3.8) is 0 Å². The molecule has 2 heterocycles. The van der Waals surface area contributed by atoms with Crippen molar-refractivity contribution in [3.05, 3.63) is 35.4 Å². The van der Waals surface area contributed by atoms with E-state index in [2.05, 4.69) is 36.1 Å². The highest BCUT2D eigenvalue weighted by atomic mass is 16.2. The van der Waals surface area contributed by atoms with E-state index < -0.39 is 0 Å². The maximum Gasteiger partial charge on any atom is 0.320 e. The van der Waals surface area contributed by atoms with Crippen LogP contribution in [0.1, 0.15) is 55.7 Å². The van der Waals surface area contributed by atoms with Gasteiger partial charge in [-0.3, -0.25) is 4.79 Å². The number of aryl methyl sites for hydroxylation is 1. The van der Waals surface area contributed by atoms with Gasteiger partial charge in [0.15, 0.2) is 0 Å². The average Bonchev–Trinajstić information content (AvgIpc) is 3.27. The van der Waals surface area contributed by atoms with Crippen LogP contribution < -0.4 is 0 Å². The Kier molecular flexibility index (Phi) is 5.84. The standard InChI is InChI=1S/C24H35N3O2/c1-17-9-7-8-12-20(17)23-21-16-26(22(28)13-18-10-5-4-6-11-18)14-19(21)15-27(23)24(29)25(2)3/h7-9,12,18-19,21,23H,4-6,10-11,13-16H2,1-3H3/t19-,21-,23+/m1/s1. The van der Waals surface area contributed by atoms with Crippen LogP contribution in [0.4, 0.5) is 4.79 Å². The van der Waals surface area contributed by atoms with E-state index >= 15 is 0 Å². The van der Waals surface area contributed by atoms with Gasteiger partial charge in [0.25, 0.3) is 0 Å². The molecule has 5 heteroatoms. The molecule has 4 rings (SSSR count). The van der Waals surface area contributed by atoms with E-state index in [9.17, 15) is 9.59 Å². The second-order valence-electron chi connectivity index (χ2n) is 9.56. The van der Waals surface area contributed by atoms with Gasteiger partial charge >= 0.3 is 6.03 Å². The van der Waals surface area contributed by atoms with Crippen molar-refractivity contribution in [2.75, 3.05) is 33.7 Å². The number of benzene rings is 1. The molecule has 2 saturated heterocycles. The van der Waals surface area contributed by atoms with Crippen LogP contribution in [0, 0.1) is 24.7 Å². The molecule has 0 spiro atoms. The van der Waals surface area contributed by atoms with Crippen LogP contribution in [0.15, 0.2) is 24.3 Å². The highest BCUT2D eigenvalue weighted by molar-refractivity contribution is 5.78. The summed E-state index contributed by atoms with van der Waals surface area (Å²) in [5.74, 6) is 1.62. The number of hydrogen-bond acceptors (Lipinski definition) is 2. The van der Waals surface area contributed by atoms with E-state index in [1.54, 1.807) is 4.90 Å². The number of hydrogen-bond donors (Lipinski definition) is 0. The molecule has 0 unspecified atom stereocenters. The van der Waals surface area contributed by atoms with Gasteiger partial charge in [0.2, 0.25) is 5.91 Å². The summed E-state index contributed by atoms with van der Waals surface area (Å²) in [6, 6.07) is 8.54. The first kappa shape index (κ1) is 20.2. The molecule has 0 aromatic heterocycles. The van der Waals surface area contributed by atoms with Crippen molar-refractivity contribution in [1.82, 2.24) is 14.7 Å². The topological polar surface area (TPSA) is 43.9 Å². The number of likely N-dealkylation sites (tertiary alicyclic amines) is 2. The lowest BCUT2D eigenvalue weighted by molar-refractivity contribution is -0.131. The number of rotatable bonds is 3. The minimum Gasteiger partial charge on any atom is -0.342 e. The Morgan fingerprint density at radius 3 is 2.45 bits per heavy atom. The normalized spacial score (nSPS) is 27.2. The summed E-state index contributed by atoms with van der Waals surface area (Å²) < 4.78 is 0. The van der Waals surface area contributed by atoms with E-state index in [4.69, 9.17) is 0 Å². The first-order valence-corrected chi connectivity index (χ1v) is 11.3. The number of urea groups is 1. The van der Waals surface area contributed by atoms with E-state index in [-0.39, 0.29) is 12.1 Å². The average molecular weight is 398 g/mol. The monoisotopic (exact) mass is 397 g/mol. The predicted molar refractivity (Wildman–Crippen MR) is 114 cm³/mol. The molecule has 0 N–H and O–H groups in total. The molecular formula is C24H35N3O2. The maximum absolute atomic E-state index is 13.0. The number of amides is 3. The van der Waals surface area contributed by atoms with Crippen molar-refractivity contribution >= 4 is 11.9 Å². The summed E-state index contributed by atoms with van der Waals surface area (Å²) in [4.78, 5) is 31.8. The van der Waals surface area contributed by atoms with Gasteiger partial charge in [-0.05, 0) is 36.8 Å². The number of fused-ring (bicyclic) bond motifs is 1. The quantitative estimate of drug-likeness (QED) is 0.771. The number of carbonyl (C=O) groups is 2. The fourth-order valence-corrected chi connectivity index (χ4v) is 5.79. The van der Waals surface area contributed by atoms with E-state index in [0.717, 1.165) is 26.1 Å². The van der Waals surface area contributed by atoms with Gasteiger partial charge in [0.05, 0.1) is 6.04 Å². The maximum atomic E-state index is 13.0. The van der Waals surface area contributed by atoms with Crippen molar-refractivity contribution in [2.45, 2.75) is 51.5 Å². The molecule has 2 aliphatic heterocycles. The summed E-state index contributed by atoms with van der Waals surface area (Å²) in [5, 5.41) is 0. The van der Waals surface area contributed by atoms with Crippen LogP contribution in [-0.4, -0.2) is 60.4 Å². The second-order valence-corrected chi connectivity index (χ2v) is 9.56. The highest BCUT2D eigenvalue weighted by Gasteiger charge is 2.50. The molecule has 1 aromatic carbocycles. The summed E-state index contributed by atoms with van der Waals surface area (Å²) in [6.07, 6.45) is 7.02. The Morgan fingerprint density at radius 2 is 1.76 bits per heavy atom. The minimum absolute atomic E-state index is 0.0589. The molecular weight excluding hydrogens is 362 g/mol. The molecule has 0 bridgehead atoms. The third-order valence-electron chi connectivity index (χ3n) is 7.34. The smallest absolute Gasteiger partial charge is 0.320 e. The highest BCUT2D eigenvalue weighted by Crippen LogP contribution is 2.46. The van der Waals surface area contributed by atoms with Crippen molar-refractivity contribution < 1.29 is 9.59 Å². The van der Waals surface area contributed by atoms with Crippen LogP contribution in [0.25, 0.3) is 0 Å². The molecule has 158 valence electrons. The van der Waals surface area contributed by atoms with E-state index in [1.807, 2.05) is 19.0 Å². The zero-order chi connectivity index (χ0) is 20.5. The molecule has 3 fully saturated rings. The fraction of sp³-hybridized carbons (Fsp3) is 0.667. The zero-order valence-corrected chi connectivity index (χ0v) is 18.1. The molecule has 1 saturated carbocycles. The number of nitrogens with zero attached hydrogens (tertiary/aromatic N) is 3. The summed E-state index contributed by atoms with van der Waals surface area (Å²) in [6.45, 7) is 4.46.